The number of nitrogens with one attached hydrogen (secondary N) is 1. The van der Waals surface area contributed by atoms with Crippen LogP contribution in [0.15, 0.2) is 42.6 Å². The molecular formula is C24H32N4O. The number of ether oxygens (including phenoxy) is 1. The van der Waals surface area contributed by atoms with E-state index in [-0.39, 0.29) is 0 Å². The molecule has 1 aliphatic rings. The first-order valence-corrected chi connectivity index (χ1v) is 10.6. The van der Waals surface area contributed by atoms with Gasteiger partial charge in [-0.05, 0) is 69.3 Å². The second kappa shape index (κ2) is 8.97. The van der Waals surface area contributed by atoms with Gasteiger partial charge in [-0.25, -0.2) is 0 Å². The molecule has 0 spiro atoms. The van der Waals surface area contributed by atoms with E-state index in [0.717, 1.165) is 31.8 Å². The molecule has 154 valence electrons. The summed E-state index contributed by atoms with van der Waals surface area (Å²) in [5.74, 6) is 0.915. The van der Waals surface area contributed by atoms with Crippen LogP contribution in [0.2, 0.25) is 0 Å². The predicted octanol–water partition coefficient (Wildman–Crippen LogP) is 4.02. The van der Waals surface area contributed by atoms with Crippen LogP contribution in [0.3, 0.4) is 0 Å². The molecule has 1 atom stereocenters. The van der Waals surface area contributed by atoms with Crippen molar-refractivity contribution in [3.05, 3.63) is 59.5 Å². The highest BCUT2D eigenvalue weighted by Crippen LogP contribution is 2.27. The van der Waals surface area contributed by atoms with E-state index in [4.69, 9.17) is 4.74 Å². The molecule has 2 aromatic heterocycles. The van der Waals surface area contributed by atoms with Gasteiger partial charge >= 0.3 is 0 Å². The van der Waals surface area contributed by atoms with Crippen molar-refractivity contribution in [1.29, 1.82) is 0 Å². The van der Waals surface area contributed by atoms with E-state index in [1.807, 2.05) is 18.3 Å². The van der Waals surface area contributed by atoms with Gasteiger partial charge in [0.1, 0.15) is 5.75 Å². The van der Waals surface area contributed by atoms with E-state index in [9.17, 15) is 0 Å². The summed E-state index contributed by atoms with van der Waals surface area (Å²) in [6.07, 6.45) is 5.43. The quantitative estimate of drug-likeness (QED) is 0.660. The molecule has 5 nitrogen and oxygen atoms in total. The number of aromatic amines is 1. The second-order valence-corrected chi connectivity index (χ2v) is 8.22. The number of likely N-dealkylation sites (tertiary alicyclic amines) is 1. The minimum atomic E-state index is 0.609. The maximum absolute atomic E-state index is 5.40. The monoisotopic (exact) mass is 392 g/mol. The van der Waals surface area contributed by atoms with Crippen molar-refractivity contribution in [3.63, 3.8) is 0 Å². The summed E-state index contributed by atoms with van der Waals surface area (Å²) in [4.78, 5) is 13.2. The molecular weight excluding hydrogens is 360 g/mol. The number of hydrogen-bond donors (Lipinski definition) is 1. The number of nitrogens with zero attached hydrogens (tertiary/aromatic N) is 3. The number of aromatic nitrogens is 2. The first-order valence-electron chi connectivity index (χ1n) is 10.6. The van der Waals surface area contributed by atoms with Crippen molar-refractivity contribution < 1.29 is 4.74 Å². The molecule has 29 heavy (non-hydrogen) atoms. The smallest absolute Gasteiger partial charge is 0.119 e. The van der Waals surface area contributed by atoms with Crippen molar-refractivity contribution in [3.8, 4) is 5.75 Å². The standard InChI is InChI=1S/C24H32N4O/c1-18-22-15-21(29-3)9-10-23(22)26-24(18)17-28-13-6-8-20(16-28)27(2)14-11-19-7-4-5-12-25-19/h4-5,7,9-10,12,15,20,26H,6,8,11,13-14,16-17H2,1-3H3/t20-/m0/s1. The third-order valence-electron chi connectivity index (χ3n) is 6.30. The van der Waals surface area contributed by atoms with E-state index in [2.05, 4.69) is 58.0 Å². The van der Waals surface area contributed by atoms with Crippen LogP contribution in [-0.2, 0) is 13.0 Å². The van der Waals surface area contributed by atoms with E-state index >= 15 is 0 Å². The van der Waals surface area contributed by atoms with Gasteiger partial charge in [0, 0.05) is 60.6 Å². The van der Waals surface area contributed by atoms with Crippen LogP contribution in [-0.4, -0.2) is 59.6 Å². The van der Waals surface area contributed by atoms with Crippen LogP contribution in [0.1, 0.15) is 29.8 Å². The maximum atomic E-state index is 5.40. The minimum absolute atomic E-state index is 0.609. The van der Waals surface area contributed by atoms with Crippen molar-refractivity contribution >= 4 is 10.9 Å². The fourth-order valence-corrected chi connectivity index (χ4v) is 4.42. The number of likely N-dealkylation sites (N-methyl/N-ethyl adjacent to an activating group) is 1. The molecule has 0 amide bonds. The number of rotatable bonds is 7. The molecule has 0 unspecified atom stereocenters. The third-order valence-corrected chi connectivity index (χ3v) is 6.30. The zero-order valence-corrected chi connectivity index (χ0v) is 17.8. The predicted molar refractivity (Wildman–Crippen MR) is 118 cm³/mol. The number of aryl methyl sites for hydroxylation is 1. The number of hydrogen-bond acceptors (Lipinski definition) is 4. The lowest BCUT2D eigenvalue weighted by Crippen LogP contribution is -2.46. The van der Waals surface area contributed by atoms with Crippen LogP contribution in [0.25, 0.3) is 10.9 Å². The maximum Gasteiger partial charge on any atom is 0.119 e. The normalized spacial score (nSPS) is 17.9. The molecule has 3 aromatic rings. The van der Waals surface area contributed by atoms with Crippen LogP contribution in [0.5, 0.6) is 5.75 Å². The molecule has 0 aliphatic carbocycles. The molecule has 1 aromatic carbocycles. The first kappa shape index (κ1) is 19.9. The number of piperidine rings is 1. The number of fused-ring (bicyclic) bond motifs is 1. The van der Waals surface area contributed by atoms with Crippen molar-refractivity contribution in [2.45, 2.75) is 38.8 Å². The Labute approximate surface area is 173 Å². The Balaban J connectivity index is 1.38. The number of H-pyrrole nitrogens is 1. The average Bonchev–Trinajstić information content (AvgIpc) is 3.07. The van der Waals surface area contributed by atoms with Crippen molar-refractivity contribution in [2.24, 2.45) is 0 Å². The highest BCUT2D eigenvalue weighted by Gasteiger charge is 2.24. The highest BCUT2D eigenvalue weighted by molar-refractivity contribution is 5.85. The molecule has 1 fully saturated rings. The Morgan fingerprint density at radius 3 is 2.97 bits per heavy atom. The Kier molecular flexibility index (Phi) is 6.16. The lowest BCUT2D eigenvalue weighted by Gasteiger charge is -2.37. The number of pyridine rings is 1. The minimum Gasteiger partial charge on any atom is -0.497 e. The molecule has 0 bridgehead atoms. The summed E-state index contributed by atoms with van der Waals surface area (Å²) >= 11 is 0. The van der Waals surface area contributed by atoms with Gasteiger partial charge in [-0.1, -0.05) is 6.07 Å². The van der Waals surface area contributed by atoms with E-state index in [1.165, 1.54) is 47.2 Å². The molecule has 5 heteroatoms. The largest absolute Gasteiger partial charge is 0.497 e. The van der Waals surface area contributed by atoms with Gasteiger partial charge in [0.15, 0.2) is 0 Å². The molecule has 1 saturated heterocycles. The third kappa shape index (κ3) is 4.62. The van der Waals surface area contributed by atoms with Gasteiger partial charge in [-0.15, -0.1) is 0 Å². The van der Waals surface area contributed by atoms with E-state index in [0.29, 0.717) is 6.04 Å². The summed E-state index contributed by atoms with van der Waals surface area (Å²) in [5.41, 5.74) is 5.03. The average molecular weight is 393 g/mol. The molecule has 0 saturated carbocycles. The van der Waals surface area contributed by atoms with Crippen LogP contribution in [0.4, 0.5) is 0 Å². The van der Waals surface area contributed by atoms with Gasteiger partial charge in [0.05, 0.1) is 7.11 Å². The lowest BCUT2D eigenvalue weighted by molar-refractivity contribution is 0.111. The zero-order valence-electron chi connectivity index (χ0n) is 17.8. The van der Waals surface area contributed by atoms with Crippen LogP contribution in [0, 0.1) is 6.92 Å². The molecule has 3 heterocycles. The fourth-order valence-electron chi connectivity index (χ4n) is 4.42. The topological polar surface area (TPSA) is 44.4 Å². The SMILES string of the molecule is COc1ccc2[nH]c(CN3CCC[C@H](N(C)CCc4ccccn4)C3)c(C)c2c1. The summed E-state index contributed by atoms with van der Waals surface area (Å²) in [5, 5.41) is 1.26. The molecule has 1 N–H and O–H groups in total. The van der Waals surface area contributed by atoms with E-state index in [1.54, 1.807) is 7.11 Å². The second-order valence-electron chi connectivity index (χ2n) is 8.22. The summed E-state index contributed by atoms with van der Waals surface area (Å²) in [6.45, 7) is 6.54. The van der Waals surface area contributed by atoms with Crippen molar-refractivity contribution in [2.75, 3.05) is 33.8 Å². The Bertz CT molecular complexity index is 937. The highest BCUT2D eigenvalue weighted by atomic mass is 16.5. The van der Waals surface area contributed by atoms with Gasteiger partial charge in [-0.3, -0.25) is 9.88 Å². The Morgan fingerprint density at radius 2 is 2.17 bits per heavy atom. The zero-order chi connectivity index (χ0) is 20.2. The summed E-state index contributed by atoms with van der Waals surface area (Å²) in [7, 11) is 3.99. The first-order chi connectivity index (χ1) is 14.1. The van der Waals surface area contributed by atoms with Gasteiger partial charge < -0.3 is 14.6 Å². The van der Waals surface area contributed by atoms with Gasteiger partial charge in [-0.2, -0.15) is 0 Å². The van der Waals surface area contributed by atoms with Gasteiger partial charge in [0.2, 0.25) is 0 Å². The molecule has 4 rings (SSSR count). The Morgan fingerprint density at radius 1 is 1.28 bits per heavy atom. The summed E-state index contributed by atoms with van der Waals surface area (Å²) in [6, 6.07) is 13.1. The fraction of sp³-hybridized carbons (Fsp3) is 0.458. The van der Waals surface area contributed by atoms with E-state index < -0.39 is 0 Å². The Hall–Kier alpha value is -2.37. The van der Waals surface area contributed by atoms with Gasteiger partial charge in [0.25, 0.3) is 0 Å². The summed E-state index contributed by atoms with van der Waals surface area (Å²) < 4.78 is 5.40. The van der Waals surface area contributed by atoms with Crippen LogP contribution >= 0.6 is 0 Å². The molecule has 0 radical (unpaired) electrons. The number of methoxy groups -OCH3 is 1. The lowest BCUT2D eigenvalue weighted by atomic mass is 10.0. The van der Waals surface area contributed by atoms with Crippen LogP contribution < -0.4 is 4.74 Å². The molecule has 1 aliphatic heterocycles. The number of benzene rings is 1. The van der Waals surface area contributed by atoms with Crippen molar-refractivity contribution in [1.82, 2.24) is 19.8 Å².